The molecule has 1 N–H and O–H groups in total. The van der Waals surface area contributed by atoms with Crippen LogP contribution >= 0.6 is 0 Å². The molecule has 0 fully saturated rings. The van der Waals surface area contributed by atoms with E-state index in [1.165, 1.54) is 22.3 Å². The van der Waals surface area contributed by atoms with Gasteiger partial charge < -0.3 is 19.7 Å². The molecule has 4 rings (SSSR count). The first-order chi connectivity index (χ1) is 14.1. The number of methoxy groups -OCH3 is 2. The fourth-order valence-corrected chi connectivity index (χ4v) is 3.51. The van der Waals surface area contributed by atoms with Crippen molar-refractivity contribution in [1.82, 2.24) is 15.2 Å². The molecule has 0 bridgehead atoms. The van der Waals surface area contributed by atoms with E-state index in [9.17, 15) is 0 Å². The van der Waals surface area contributed by atoms with Crippen molar-refractivity contribution in [1.29, 1.82) is 0 Å². The first kappa shape index (κ1) is 19.0. The van der Waals surface area contributed by atoms with Gasteiger partial charge in [-0.1, -0.05) is 6.07 Å². The molecule has 0 radical (unpaired) electrons. The number of aryl methyl sites for hydroxylation is 2. The highest BCUT2D eigenvalue weighted by Crippen LogP contribution is 2.34. The minimum atomic E-state index is 0.610. The number of nitrogens with one attached hydrogen (secondary N) is 1. The summed E-state index contributed by atoms with van der Waals surface area (Å²) in [7, 11) is 3.31. The van der Waals surface area contributed by atoms with Gasteiger partial charge in [-0.25, -0.2) is 0 Å². The van der Waals surface area contributed by atoms with Gasteiger partial charge in [-0.2, -0.15) is 10.1 Å². The van der Waals surface area contributed by atoms with E-state index < -0.39 is 0 Å². The molecule has 7 heteroatoms. The smallest absolute Gasteiger partial charge is 0.247 e. The summed E-state index contributed by atoms with van der Waals surface area (Å²) in [5, 5.41) is 11.7. The number of ether oxygens (including phenoxy) is 2. The zero-order valence-corrected chi connectivity index (χ0v) is 17.2. The highest BCUT2D eigenvalue weighted by molar-refractivity contribution is 5.58. The molecule has 0 aliphatic carbocycles. The summed E-state index contributed by atoms with van der Waals surface area (Å²) in [6, 6.07) is 10.3. The van der Waals surface area contributed by atoms with Crippen LogP contribution in [0.3, 0.4) is 0 Å². The second-order valence-electron chi connectivity index (χ2n) is 7.21. The summed E-state index contributed by atoms with van der Waals surface area (Å²) < 4.78 is 10.9. The lowest BCUT2D eigenvalue weighted by Crippen LogP contribution is -2.32. The number of anilines is 3. The normalized spacial score (nSPS) is 13.0. The van der Waals surface area contributed by atoms with E-state index in [4.69, 9.17) is 9.47 Å². The van der Waals surface area contributed by atoms with Crippen LogP contribution in [0.4, 0.5) is 17.5 Å². The molecule has 2 aromatic carbocycles. The molecule has 0 amide bonds. The Balaban J connectivity index is 1.55. The first-order valence-corrected chi connectivity index (χ1v) is 9.60. The van der Waals surface area contributed by atoms with Crippen LogP contribution in [-0.2, 0) is 13.0 Å². The molecule has 0 spiro atoms. The van der Waals surface area contributed by atoms with E-state index in [0.29, 0.717) is 18.3 Å². The van der Waals surface area contributed by atoms with Crippen molar-refractivity contribution in [3.05, 3.63) is 58.8 Å². The van der Waals surface area contributed by atoms with Gasteiger partial charge >= 0.3 is 0 Å². The predicted octanol–water partition coefficient (Wildman–Crippen LogP) is 3.81. The molecule has 150 valence electrons. The molecule has 1 aliphatic heterocycles. The fourth-order valence-electron chi connectivity index (χ4n) is 3.51. The van der Waals surface area contributed by atoms with Gasteiger partial charge in [0, 0.05) is 18.8 Å². The molecular formula is C22H25N5O2. The van der Waals surface area contributed by atoms with Gasteiger partial charge in [0.2, 0.25) is 5.95 Å². The van der Waals surface area contributed by atoms with Crippen molar-refractivity contribution in [3.8, 4) is 11.5 Å². The molecular weight excluding hydrogens is 366 g/mol. The van der Waals surface area contributed by atoms with Crippen LogP contribution in [0.1, 0.15) is 22.3 Å². The SMILES string of the molecule is COc1cc2c(cc1OC)CN(c1nncc(Nc3ccc(C)c(C)c3)n1)CC2. The Bertz CT molecular complexity index is 1040. The number of aromatic nitrogens is 3. The molecule has 2 heterocycles. The monoisotopic (exact) mass is 391 g/mol. The summed E-state index contributed by atoms with van der Waals surface area (Å²) in [4.78, 5) is 6.81. The topological polar surface area (TPSA) is 72.4 Å². The average Bonchev–Trinajstić information content (AvgIpc) is 2.75. The van der Waals surface area contributed by atoms with Gasteiger partial charge in [0.05, 0.1) is 20.4 Å². The lowest BCUT2D eigenvalue weighted by atomic mass is 9.99. The Hall–Kier alpha value is -3.35. The van der Waals surface area contributed by atoms with E-state index >= 15 is 0 Å². The lowest BCUT2D eigenvalue weighted by Gasteiger charge is -2.29. The molecule has 1 aliphatic rings. The van der Waals surface area contributed by atoms with Gasteiger partial charge in [-0.15, -0.1) is 5.10 Å². The summed E-state index contributed by atoms with van der Waals surface area (Å²) in [5.74, 6) is 2.78. The van der Waals surface area contributed by atoms with E-state index in [1.54, 1.807) is 20.4 Å². The second kappa shape index (κ2) is 7.95. The highest BCUT2D eigenvalue weighted by Gasteiger charge is 2.21. The number of benzene rings is 2. The summed E-state index contributed by atoms with van der Waals surface area (Å²) in [6.07, 6.45) is 2.53. The molecule has 0 unspecified atom stereocenters. The van der Waals surface area contributed by atoms with E-state index in [1.807, 2.05) is 12.1 Å². The van der Waals surface area contributed by atoms with Crippen LogP contribution < -0.4 is 19.7 Å². The standard InChI is InChI=1S/C22H25N5O2/c1-14-5-6-18(9-15(14)2)24-21-12-23-26-22(25-21)27-8-7-16-10-19(28-3)20(29-4)11-17(16)13-27/h5-6,9-12H,7-8,13H2,1-4H3,(H,24,25,26). The van der Waals surface area contributed by atoms with Crippen LogP contribution in [0.2, 0.25) is 0 Å². The van der Waals surface area contributed by atoms with Crippen molar-refractivity contribution < 1.29 is 9.47 Å². The predicted molar refractivity (Wildman–Crippen MR) is 113 cm³/mol. The van der Waals surface area contributed by atoms with Gasteiger partial charge in [-0.05, 0) is 66.8 Å². The van der Waals surface area contributed by atoms with Crippen molar-refractivity contribution in [2.24, 2.45) is 0 Å². The number of hydrogen-bond acceptors (Lipinski definition) is 7. The molecule has 0 atom stereocenters. The molecule has 0 saturated heterocycles. The molecule has 0 saturated carbocycles. The minimum absolute atomic E-state index is 0.610. The summed E-state index contributed by atoms with van der Waals surface area (Å²) in [5.41, 5.74) is 5.92. The molecule has 7 nitrogen and oxygen atoms in total. The van der Waals surface area contributed by atoms with Crippen LogP contribution in [0.5, 0.6) is 11.5 Å². The maximum atomic E-state index is 5.45. The lowest BCUT2D eigenvalue weighted by molar-refractivity contribution is 0.353. The van der Waals surface area contributed by atoms with Crippen LogP contribution in [0.25, 0.3) is 0 Å². The molecule has 3 aromatic rings. The van der Waals surface area contributed by atoms with Crippen LogP contribution in [0.15, 0.2) is 36.5 Å². The summed E-state index contributed by atoms with van der Waals surface area (Å²) in [6.45, 7) is 5.71. The van der Waals surface area contributed by atoms with Gasteiger partial charge in [-0.3, -0.25) is 0 Å². The van der Waals surface area contributed by atoms with E-state index in [2.05, 4.69) is 57.4 Å². The van der Waals surface area contributed by atoms with E-state index in [0.717, 1.165) is 30.2 Å². The number of nitrogens with zero attached hydrogens (tertiary/aromatic N) is 4. The number of fused-ring (bicyclic) bond motifs is 1. The third kappa shape index (κ3) is 3.94. The van der Waals surface area contributed by atoms with Crippen molar-refractivity contribution in [2.75, 3.05) is 31.0 Å². The zero-order valence-electron chi connectivity index (χ0n) is 17.2. The highest BCUT2D eigenvalue weighted by atomic mass is 16.5. The maximum absolute atomic E-state index is 5.45. The average molecular weight is 391 g/mol. The van der Waals surface area contributed by atoms with Crippen LogP contribution in [-0.4, -0.2) is 35.9 Å². The quantitative estimate of drug-likeness (QED) is 0.709. The maximum Gasteiger partial charge on any atom is 0.247 e. The first-order valence-electron chi connectivity index (χ1n) is 9.60. The number of rotatable bonds is 5. The third-order valence-corrected chi connectivity index (χ3v) is 5.33. The van der Waals surface area contributed by atoms with Gasteiger partial charge in [0.1, 0.15) is 0 Å². The second-order valence-corrected chi connectivity index (χ2v) is 7.21. The third-order valence-electron chi connectivity index (χ3n) is 5.33. The molecule has 1 aromatic heterocycles. The Morgan fingerprint density at radius 3 is 2.45 bits per heavy atom. The van der Waals surface area contributed by atoms with Gasteiger partial charge in [0.25, 0.3) is 0 Å². The van der Waals surface area contributed by atoms with Crippen molar-refractivity contribution in [3.63, 3.8) is 0 Å². The van der Waals surface area contributed by atoms with Crippen molar-refractivity contribution in [2.45, 2.75) is 26.8 Å². The fraction of sp³-hybridized carbons (Fsp3) is 0.318. The zero-order chi connectivity index (χ0) is 20.4. The Morgan fingerprint density at radius 2 is 1.72 bits per heavy atom. The van der Waals surface area contributed by atoms with Crippen molar-refractivity contribution >= 4 is 17.5 Å². The summed E-state index contributed by atoms with van der Waals surface area (Å²) >= 11 is 0. The largest absolute Gasteiger partial charge is 0.493 e. The van der Waals surface area contributed by atoms with Crippen LogP contribution in [0, 0.1) is 13.8 Å². The number of hydrogen-bond donors (Lipinski definition) is 1. The van der Waals surface area contributed by atoms with E-state index in [-0.39, 0.29) is 0 Å². The Kier molecular flexibility index (Phi) is 5.20. The van der Waals surface area contributed by atoms with Gasteiger partial charge in [0.15, 0.2) is 17.3 Å². The molecule has 29 heavy (non-hydrogen) atoms. The Morgan fingerprint density at radius 1 is 0.966 bits per heavy atom. The Labute approximate surface area is 170 Å². The minimum Gasteiger partial charge on any atom is -0.493 e.